The fourth-order valence-electron chi connectivity index (χ4n) is 6.48. The van der Waals surface area contributed by atoms with Gasteiger partial charge in [-0.1, -0.05) is 23.7 Å². The molecule has 3 aromatic rings. The van der Waals surface area contributed by atoms with Crippen LogP contribution in [0.1, 0.15) is 46.4 Å². The van der Waals surface area contributed by atoms with Gasteiger partial charge in [-0.2, -0.15) is 5.26 Å². The van der Waals surface area contributed by atoms with Crippen LogP contribution in [-0.4, -0.2) is 106 Å². The molecular formula is C40H50ClN9O8. The van der Waals surface area contributed by atoms with Crippen molar-refractivity contribution >= 4 is 41.1 Å². The molecule has 10 N–H and O–H groups in total. The molecule has 58 heavy (non-hydrogen) atoms. The number of hydrogen-bond donors (Lipinski definition) is 7. The van der Waals surface area contributed by atoms with Crippen molar-refractivity contribution in [3.8, 4) is 34.4 Å². The molecule has 5 amide bonds. The first-order valence-corrected chi connectivity index (χ1v) is 19.0. The molecule has 0 unspecified atom stereocenters. The van der Waals surface area contributed by atoms with Crippen molar-refractivity contribution in [3.63, 3.8) is 0 Å². The topological polar surface area (TPSA) is 266 Å². The van der Waals surface area contributed by atoms with Gasteiger partial charge in [-0.25, -0.2) is 0 Å². The maximum Gasteiger partial charge on any atom is 0.253 e. The molecule has 18 heteroatoms. The molecule has 17 nitrogen and oxygen atoms in total. The highest BCUT2D eigenvalue weighted by Crippen LogP contribution is 2.40. The van der Waals surface area contributed by atoms with E-state index in [0.29, 0.717) is 45.1 Å². The molecule has 0 aromatic heterocycles. The highest BCUT2D eigenvalue weighted by Gasteiger charge is 2.36. The van der Waals surface area contributed by atoms with Crippen LogP contribution >= 0.6 is 11.6 Å². The van der Waals surface area contributed by atoms with Crippen molar-refractivity contribution < 1.29 is 38.2 Å². The molecule has 0 saturated carbocycles. The lowest BCUT2D eigenvalue weighted by atomic mass is 9.93. The minimum atomic E-state index is -1.40. The van der Waals surface area contributed by atoms with Gasteiger partial charge in [0.25, 0.3) is 5.91 Å². The number of carbonyl (C=O) groups is 5. The van der Waals surface area contributed by atoms with Gasteiger partial charge in [-0.05, 0) is 79.9 Å². The van der Waals surface area contributed by atoms with Crippen LogP contribution in [0, 0.1) is 18.3 Å². The quantitative estimate of drug-likeness (QED) is 0.105. The van der Waals surface area contributed by atoms with Crippen LogP contribution in [-0.2, 0) is 25.6 Å². The zero-order chi connectivity index (χ0) is 42.5. The van der Waals surface area contributed by atoms with Crippen molar-refractivity contribution in [1.82, 2.24) is 26.2 Å². The van der Waals surface area contributed by atoms with Gasteiger partial charge in [-0.15, -0.1) is 0 Å². The second kappa shape index (κ2) is 21.0. The predicted molar refractivity (Wildman–Crippen MR) is 216 cm³/mol. The van der Waals surface area contributed by atoms with Gasteiger partial charge in [-0.3, -0.25) is 24.0 Å². The van der Waals surface area contributed by atoms with E-state index in [1.165, 1.54) is 27.1 Å². The number of halogens is 1. The van der Waals surface area contributed by atoms with Crippen molar-refractivity contribution in [2.75, 3.05) is 53.6 Å². The Hall–Kier alpha value is -5.93. The number of nitriles is 1. The largest absolute Gasteiger partial charge is 0.497 e. The van der Waals surface area contributed by atoms with E-state index in [4.69, 9.17) is 48.3 Å². The van der Waals surface area contributed by atoms with Crippen LogP contribution in [0.4, 0.5) is 0 Å². The number of amides is 5. The molecule has 1 heterocycles. The first kappa shape index (κ1) is 44.8. The third kappa shape index (κ3) is 10.9. The Morgan fingerprint density at radius 3 is 2.22 bits per heavy atom. The zero-order valence-corrected chi connectivity index (χ0v) is 33.6. The summed E-state index contributed by atoms with van der Waals surface area (Å²) in [6.45, 7) is 3.46. The fourth-order valence-corrected chi connectivity index (χ4v) is 6.82. The Morgan fingerprint density at radius 2 is 1.62 bits per heavy atom. The number of methoxy groups -OCH3 is 1. The smallest absolute Gasteiger partial charge is 0.253 e. The third-order valence-corrected chi connectivity index (χ3v) is 9.63. The SMILES string of the molecule is COc1cc(C)c(C(=O)N[C@@H](CCN)C(=O)N(C)[C@@H]2C(=O)N[C@@H](C)C(=O)N[C@H](C(=O)NCC#N)Cc3ccc(OCCN)c(c3)-c3cc2ccc3OCCN)c(Cl)c1. The standard InChI is InChI=1S/C40H50ClN9O8/c1-22-17-26(56-4)21-29(41)34(22)38(53)48-30(9-10-42)40(55)50(3)35-25-6-8-33(58-16-13-45)28(20-25)27-18-24(5-7-32(27)57-15-12-44)19-31(37(52)46-14-11-43)49-36(51)23(2)47-39(35)54/h5-8,17-18,20-21,23,30-31,35H,9-10,12-16,19,42,44-45H2,1-4H3,(H,46,52)(H,47,54)(H,48,53)(H,49,51)/t23-,30-,31-,35-/m0/s1. The van der Waals surface area contributed by atoms with E-state index >= 15 is 0 Å². The number of hydrogen-bond acceptors (Lipinski definition) is 12. The second-order valence-electron chi connectivity index (χ2n) is 13.5. The Labute approximate surface area is 341 Å². The fraction of sp³-hybridized carbons (Fsp3) is 0.400. The van der Waals surface area contributed by atoms with E-state index in [9.17, 15) is 24.0 Å². The van der Waals surface area contributed by atoms with E-state index in [1.807, 2.05) is 6.07 Å². The Bertz CT molecular complexity index is 2020. The summed E-state index contributed by atoms with van der Waals surface area (Å²) < 4.78 is 17.4. The maximum atomic E-state index is 14.5. The highest BCUT2D eigenvalue weighted by molar-refractivity contribution is 6.34. The monoisotopic (exact) mass is 819 g/mol. The molecule has 310 valence electrons. The summed E-state index contributed by atoms with van der Waals surface area (Å²) in [5.74, 6) is -2.20. The summed E-state index contributed by atoms with van der Waals surface area (Å²) >= 11 is 6.47. The minimum Gasteiger partial charge on any atom is -0.497 e. The average molecular weight is 820 g/mol. The lowest BCUT2D eigenvalue weighted by Gasteiger charge is -2.32. The molecule has 0 fully saturated rings. The number of carbonyl (C=O) groups excluding carboxylic acids is 5. The number of nitrogens with one attached hydrogen (secondary N) is 4. The van der Waals surface area contributed by atoms with E-state index < -0.39 is 53.7 Å². The number of rotatable bonds is 15. The lowest BCUT2D eigenvalue weighted by Crippen LogP contribution is -2.56. The van der Waals surface area contributed by atoms with E-state index in [1.54, 1.807) is 49.4 Å². The summed E-state index contributed by atoms with van der Waals surface area (Å²) in [4.78, 5) is 70.6. The van der Waals surface area contributed by atoms with Gasteiger partial charge in [0, 0.05) is 37.7 Å². The number of fused-ring (bicyclic) bond motifs is 5. The molecule has 0 aliphatic carbocycles. The Kier molecular flexibility index (Phi) is 16.2. The van der Waals surface area contributed by atoms with Gasteiger partial charge in [0.1, 0.15) is 61.2 Å². The first-order chi connectivity index (χ1) is 27.8. The van der Waals surface area contributed by atoms with Gasteiger partial charge in [0.2, 0.25) is 23.6 Å². The van der Waals surface area contributed by atoms with Gasteiger partial charge in [0.15, 0.2) is 0 Å². The van der Waals surface area contributed by atoms with E-state index in [0.717, 1.165) is 4.90 Å². The molecule has 3 aromatic carbocycles. The molecule has 0 radical (unpaired) electrons. The normalized spacial score (nSPS) is 17.0. The molecule has 1 aliphatic heterocycles. The Morgan fingerprint density at radius 1 is 0.966 bits per heavy atom. The van der Waals surface area contributed by atoms with E-state index in [2.05, 4.69) is 21.3 Å². The van der Waals surface area contributed by atoms with Crippen LogP contribution in [0.25, 0.3) is 11.1 Å². The number of benzene rings is 3. The van der Waals surface area contributed by atoms with Crippen LogP contribution in [0.15, 0.2) is 48.5 Å². The Balaban J connectivity index is 1.88. The molecule has 4 atom stereocenters. The number of nitrogens with zero attached hydrogens (tertiary/aromatic N) is 2. The lowest BCUT2D eigenvalue weighted by molar-refractivity contribution is -0.141. The van der Waals surface area contributed by atoms with Gasteiger partial charge >= 0.3 is 0 Å². The minimum absolute atomic E-state index is 0.00188. The van der Waals surface area contributed by atoms with Crippen LogP contribution < -0.4 is 52.7 Å². The number of likely N-dealkylation sites (N-methyl/N-ethyl adjacent to an activating group) is 1. The average Bonchev–Trinajstić information content (AvgIpc) is 3.20. The van der Waals surface area contributed by atoms with E-state index in [-0.39, 0.29) is 62.8 Å². The number of nitrogens with two attached hydrogens (primary N) is 3. The van der Waals surface area contributed by atoms with Crippen molar-refractivity contribution in [2.24, 2.45) is 17.2 Å². The molecule has 1 aliphatic rings. The van der Waals surface area contributed by atoms with Crippen LogP contribution in [0.5, 0.6) is 17.2 Å². The second-order valence-corrected chi connectivity index (χ2v) is 13.9. The molecule has 0 spiro atoms. The van der Waals surface area contributed by atoms with Crippen molar-refractivity contribution in [3.05, 3.63) is 75.8 Å². The summed E-state index contributed by atoms with van der Waals surface area (Å²) in [7, 11) is 2.86. The first-order valence-electron chi connectivity index (χ1n) is 18.6. The molecule has 4 rings (SSSR count). The van der Waals surface area contributed by atoms with Crippen molar-refractivity contribution in [1.29, 1.82) is 5.26 Å². The molecule has 0 saturated heterocycles. The van der Waals surface area contributed by atoms with Gasteiger partial charge < -0.3 is 57.6 Å². The number of ether oxygens (including phenoxy) is 3. The number of aryl methyl sites for hydroxylation is 1. The summed E-state index contributed by atoms with van der Waals surface area (Å²) in [6.07, 6.45) is -0.00220. The van der Waals surface area contributed by atoms with Gasteiger partial charge in [0.05, 0.1) is 23.8 Å². The summed E-state index contributed by atoms with van der Waals surface area (Å²) in [5, 5.41) is 19.8. The summed E-state index contributed by atoms with van der Waals surface area (Å²) in [5.41, 5.74) is 20.0. The molecular weight excluding hydrogens is 770 g/mol. The zero-order valence-electron chi connectivity index (χ0n) is 32.9. The van der Waals surface area contributed by atoms with Crippen molar-refractivity contribution in [2.45, 2.75) is 50.9 Å². The molecule has 4 bridgehead atoms. The van der Waals surface area contributed by atoms with Crippen LogP contribution in [0.2, 0.25) is 5.02 Å². The summed E-state index contributed by atoms with van der Waals surface area (Å²) in [6, 6.07) is 10.1. The predicted octanol–water partition coefficient (Wildman–Crippen LogP) is 0.831. The highest BCUT2D eigenvalue weighted by atomic mass is 35.5. The third-order valence-electron chi connectivity index (χ3n) is 9.34. The van der Waals surface area contributed by atoms with Crippen LogP contribution in [0.3, 0.4) is 0 Å². The maximum absolute atomic E-state index is 14.5.